The predicted octanol–water partition coefficient (Wildman–Crippen LogP) is 1.95. The third kappa shape index (κ3) is 4.08. The Morgan fingerprint density at radius 2 is 2.17 bits per heavy atom. The third-order valence-electron chi connectivity index (χ3n) is 2.31. The second-order valence-corrected chi connectivity index (χ2v) is 3.72. The molecule has 0 bridgehead atoms. The van der Waals surface area contributed by atoms with Crippen LogP contribution in [0.15, 0.2) is 30.5 Å². The summed E-state index contributed by atoms with van der Waals surface area (Å²) in [6, 6.07) is 4.74. The Bertz CT molecular complexity index is 446. The van der Waals surface area contributed by atoms with Crippen molar-refractivity contribution >= 4 is 5.97 Å². The van der Waals surface area contributed by atoms with Crippen LogP contribution >= 0.6 is 0 Å². The lowest BCUT2D eigenvalue weighted by Crippen LogP contribution is -2.11. The van der Waals surface area contributed by atoms with Gasteiger partial charge in [-0.2, -0.15) is 0 Å². The van der Waals surface area contributed by atoms with Gasteiger partial charge in [0.05, 0.1) is 14.2 Å². The van der Waals surface area contributed by atoms with Gasteiger partial charge in [0.25, 0.3) is 0 Å². The molecule has 0 aliphatic rings. The maximum atomic E-state index is 13.4. The monoisotopic (exact) mass is 253 g/mol. The van der Waals surface area contributed by atoms with E-state index in [4.69, 9.17) is 4.74 Å². The molecular formula is C13H16FNO3. The molecule has 0 aromatic heterocycles. The highest BCUT2D eigenvalue weighted by Gasteiger charge is 2.04. The van der Waals surface area contributed by atoms with Crippen molar-refractivity contribution in [2.45, 2.75) is 6.54 Å². The summed E-state index contributed by atoms with van der Waals surface area (Å²) in [4.78, 5) is 12.6. The zero-order valence-electron chi connectivity index (χ0n) is 10.6. The number of rotatable bonds is 5. The van der Waals surface area contributed by atoms with Gasteiger partial charge in [0.1, 0.15) is 0 Å². The molecular weight excluding hydrogens is 237 g/mol. The number of esters is 1. The fourth-order valence-electron chi connectivity index (χ4n) is 1.41. The van der Waals surface area contributed by atoms with Crippen molar-refractivity contribution < 1.29 is 18.7 Å². The zero-order valence-corrected chi connectivity index (χ0v) is 10.6. The normalized spacial score (nSPS) is 10.4. The number of ether oxygens (including phenoxy) is 2. The van der Waals surface area contributed by atoms with Crippen molar-refractivity contribution in [1.29, 1.82) is 0 Å². The van der Waals surface area contributed by atoms with Crippen LogP contribution in [-0.2, 0) is 16.1 Å². The van der Waals surface area contributed by atoms with Gasteiger partial charge in [-0.25, -0.2) is 9.18 Å². The van der Waals surface area contributed by atoms with Gasteiger partial charge in [-0.3, -0.25) is 0 Å². The van der Waals surface area contributed by atoms with Gasteiger partial charge in [0.2, 0.25) is 0 Å². The number of carbonyl (C=O) groups excluding carboxylic acids is 1. The first-order valence-corrected chi connectivity index (χ1v) is 5.35. The first-order valence-electron chi connectivity index (χ1n) is 5.35. The summed E-state index contributed by atoms with van der Waals surface area (Å²) < 4.78 is 22.7. The van der Waals surface area contributed by atoms with E-state index in [9.17, 15) is 9.18 Å². The molecule has 1 rings (SSSR count). The Morgan fingerprint density at radius 3 is 2.72 bits per heavy atom. The van der Waals surface area contributed by atoms with E-state index in [-0.39, 0.29) is 5.75 Å². The molecule has 0 unspecified atom stereocenters. The lowest BCUT2D eigenvalue weighted by atomic mass is 10.2. The molecule has 0 atom stereocenters. The van der Waals surface area contributed by atoms with Crippen LogP contribution in [0.4, 0.5) is 4.39 Å². The van der Waals surface area contributed by atoms with Gasteiger partial charge in [0, 0.05) is 25.9 Å². The highest BCUT2D eigenvalue weighted by molar-refractivity contribution is 5.81. The summed E-state index contributed by atoms with van der Waals surface area (Å²) in [6.45, 7) is 0.481. The van der Waals surface area contributed by atoms with Crippen molar-refractivity contribution in [3.63, 3.8) is 0 Å². The van der Waals surface area contributed by atoms with Crippen molar-refractivity contribution in [1.82, 2.24) is 4.90 Å². The minimum atomic E-state index is -0.428. The summed E-state index contributed by atoms with van der Waals surface area (Å²) in [5.74, 6) is -0.616. The minimum Gasteiger partial charge on any atom is -0.494 e. The summed E-state index contributed by atoms with van der Waals surface area (Å²) in [5, 5.41) is 0. The van der Waals surface area contributed by atoms with Crippen LogP contribution in [0.25, 0.3) is 0 Å². The zero-order chi connectivity index (χ0) is 13.5. The van der Waals surface area contributed by atoms with Crippen LogP contribution in [0.3, 0.4) is 0 Å². The molecule has 0 fully saturated rings. The molecule has 0 heterocycles. The van der Waals surface area contributed by atoms with Gasteiger partial charge in [-0.1, -0.05) is 6.07 Å². The summed E-state index contributed by atoms with van der Waals surface area (Å²) in [6.07, 6.45) is 2.88. The fourth-order valence-corrected chi connectivity index (χ4v) is 1.41. The van der Waals surface area contributed by atoms with Crippen LogP contribution in [0.1, 0.15) is 5.56 Å². The SMILES string of the molecule is COC(=O)C=CN(C)Cc1ccc(OC)c(F)c1. The third-order valence-corrected chi connectivity index (χ3v) is 2.31. The van der Waals surface area contributed by atoms with Gasteiger partial charge in [0.15, 0.2) is 11.6 Å². The Balaban J connectivity index is 2.64. The van der Waals surface area contributed by atoms with Crippen LogP contribution in [-0.4, -0.2) is 32.1 Å². The van der Waals surface area contributed by atoms with E-state index < -0.39 is 11.8 Å². The molecule has 0 spiro atoms. The maximum Gasteiger partial charge on any atom is 0.331 e. The van der Waals surface area contributed by atoms with Gasteiger partial charge in [-0.05, 0) is 17.7 Å². The maximum absolute atomic E-state index is 13.4. The van der Waals surface area contributed by atoms with Crippen LogP contribution < -0.4 is 4.74 Å². The van der Waals surface area contributed by atoms with E-state index in [2.05, 4.69) is 4.74 Å². The molecule has 0 aliphatic heterocycles. The lowest BCUT2D eigenvalue weighted by Gasteiger charge is -2.14. The highest BCUT2D eigenvalue weighted by atomic mass is 19.1. The van der Waals surface area contributed by atoms with Crippen LogP contribution in [0, 0.1) is 5.82 Å². The average molecular weight is 253 g/mol. The van der Waals surface area contributed by atoms with Crippen molar-refractivity contribution in [2.75, 3.05) is 21.3 Å². The molecule has 0 radical (unpaired) electrons. The number of methoxy groups -OCH3 is 2. The summed E-state index contributed by atoms with van der Waals surface area (Å²) in [7, 11) is 4.51. The fraction of sp³-hybridized carbons (Fsp3) is 0.308. The van der Waals surface area contributed by atoms with Crippen molar-refractivity contribution in [3.8, 4) is 5.75 Å². The van der Waals surface area contributed by atoms with Gasteiger partial charge < -0.3 is 14.4 Å². The number of nitrogens with zero attached hydrogens (tertiary/aromatic N) is 1. The second kappa shape index (κ2) is 6.64. The standard InChI is InChI=1S/C13H16FNO3/c1-15(7-6-13(16)18-3)9-10-4-5-12(17-2)11(14)8-10/h4-8H,9H2,1-3H3. The summed E-state index contributed by atoms with van der Waals surface area (Å²) in [5.41, 5.74) is 0.783. The quantitative estimate of drug-likeness (QED) is 0.594. The van der Waals surface area contributed by atoms with E-state index in [1.54, 1.807) is 30.3 Å². The highest BCUT2D eigenvalue weighted by Crippen LogP contribution is 2.18. The second-order valence-electron chi connectivity index (χ2n) is 3.72. The van der Waals surface area contributed by atoms with Crippen molar-refractivity contribution in [3.05, 3.63) is 41.9 Å². The molecule has 98 valence electrons. The van der Waals surface area contributed by atoms with E-state index >= 15 is 0 Å². The predicted molar refractivity (Wildman–Crippen MR) is 65.6 cm³/mol. The number of benzene rings is 1. The summed E-state index contributed by atoms with van der Waals surface area (Å²) >= 11 is 0. The van der Waals surface area contributed by atoms with E-state index in [1.807, 2.05) is 0 Å². The molecule has 0 amide bonds. The molecule has 1 aromatic carbocycles. The van der Waals surface area contributed by atoms with Crippen LogP contribution in [0.2, 0.25) is 0 Å². The number of hydrogen-bond donors (Lipinski definition) is 0. The topological polar surface area (TPSA) is 38.8 Å². The number of carbonyl (C=O) groups is 1. The Kier molecular flexibility index (Phi) is 5.17. The van der Waals surface area contributed by atoms with Crippen molar-refractivity contribution in [2.24, 2.45) is 0 Å². The molecule has 18 heavy (non-hydrogen) atoms. The van der Waals surface area contributed by atoms with Crippen LogP contribution in [0.5, 0.6) is 5.75 Å². The molecule has 5 heteroatoms. The first-order chi connectivity index (χ1) is 8.56. The number of halogens is 1. The smallest absolute Gasteiger partial charge is 0.331 e. The Hall–Kier alpha value is -2.04. The molecule has 0 N–H and O–H groups in total. The molecule has 0 aliphatic carbocycles. The van der Waals surface area contributed by atoms with E-state index in [0.29, 0.717) is 6.54 Å². The minimum absolute atomic E-state index is 0.214. The molecule has 4 nitrogen and oxygen atoms in total. The first kappa shape index (κ1) is 14.0. The Morgan fingerprint density at radius 1 is 1.44 bits per heavy atom. The van der Waals surface area contributed by atoms with Gasteiger partial charge >= 0.3 is 5.97 Å². The molecule has 0 saturated carbocycles. The average Bonchev–Trinajstić information content (AvgIpc) is 2.36. The molecule has 0 saturated heterocycles. The van der Waals surface area contributed by atoms with Gasteiger partial charge in [-0.15, -0.1) is 0 Å². The number of hydrogen-bond acceptors (Lipinski definition) is 4. The largest absolute Gasteiger partial charge is 0.494 e. The Labute approximate surface area is 106 Å². The lowest BCUT2D eigenvalue weighted by molar-refractivity contribution is -0.134. The van der Waals surface area contributed by atoms with E-state index in [1.165, 1.54) is 26.4 Å². The van der Waals surface area contributed by atoms with E-state index in [0.717, 1.165) is 5.56 Å². The molecule has 1 aromatic rings.